The number of hydrogen-bond acceptors (Lipinski definition) is 5. The van der Waals surface area contributed by atoms with E-state index in [2.05, 4.69) is 55.2 Å². The number of anilines is 1. The van der Waals surface area contributed by atoms with Gasteiger partial charge >= 0.3 is 0 Å². The molecule has 0 aliphatic carbocycles. The summed E-state index contributed by atoms with van der Waals surface area (Å²) in [4.78, 5) is 11.5. The van der Waals surface area contributed by atoms with E-state index in [-0.39, 0.29) is 5.41 Å². The highest BCUT2D eigenvalue weighted by Gasteiger charge is 2.17. The molecular formula is C15H22N4S. The third kappa shape index (κ3) is 3.35. The van der Waals surface area contributed by atoms with Crippen molar-refractivity contribution in [1.82, 2.24) is 9.97 Å². The Morgan fingerprint density at radius 1 is 1.25 bits per heavy atom. The number of hydrogen-bond donors (Lipinski definition) is 2. The molecule has 0 spiro atoms. The Hall–Kier alpha value is -1.46. The Bertz CT molecular complexity index is 584. The van der Waals surface area contributed by atoms with Crippen molar-refractivity contribution in [2.75, 3.05) is 5.43 Å². The molecule has 2 aromatic rings. The van der Waals surface area contributed by atoms with E-state index in [1.54, 1.807) is 11.3 Å². The molecule has 20 heavy (non-hydrogen) atoms. The lowest BCUT2D eigenvalue weighted by Gasteiger charge is -2.15. The second-order valence-corrected chi connectivity index (χ2v) is 6.96. The molecule has 0 bridgehead atoms. The van der Waals surface area contributed by atoms with Crippen molar-refractivity contribution in [2.24, 2.45) is 5.84 Å². The topological polar surface area (TPSA) is 63.8 Å². The molecule has 0 aliphatic rings. The van der Waals surface area contributed by atoms with Crippen LogP contribution in [0.25, 0.3) is 10.7 Å². The molecule has 0 radical (unpaired) electrons. The fourth-order valence-corrected chi connectivity index (χ4v) is 2.92. The minimum Gasteiger partial charge on any atom is -0.308 e. The van der Waals surface area contributed by atoms with Gasteiger partial charge in [0.15, 0.2) is 5.82 Å². The first-order valence-electron chi connectivity index (χ1n) is 6.89. The zero-order chi connectivity index (χ0) is 14.8. The summed E-state index contributed by atoms with van der Waals surface area (Å²) in [5.74, 6) is 6.92. The molecule has 2 heterocycles. The Morgan fingerprint density at radius 3 is 2.55 bits per heavy atom. The van der Waals surface area contributed by atoms with Gasteiger partial charge < -0.3 is 5.43 Å². The number of nitrogen functional groups attached to an aromatic ring is 1. The summed E-state index contributed by atoms with van der Waals surface area (Å²) >= 11 is 1.75. The van der Waals surface area contributed by atoms with E-state index in [0.717, 1.165) is 29.2 Å². The van der Waals surface area contributed by atoms with Crippen LogP contribution in [0.1, 0.15) is 44.7 Å². The zero-order valence-electron chi connectivity index (χ0n) is 12.5. The van der Waals surface area contributed by atoms with Crippen LogP contribution in [0.2, 0.25) is 0 Å². The summed E-state index contributed by atoms with van der Waals surface area (Å²) < 4.78 is 0. The van der Waals surface area contributed by atoms with Gasteiger partial charge in [0.1, 0.15) is 5.82 Å². The van der Waals surface area contributed by atoms with Gasteiger partial charge in [-0.15, -0.1) is 11.3 Å². The molecule has 0 aromatic carbocycles. The highest BCUT2D eigenvalue weighted by atomic mass is 32.1. The maximum atomic E-state index is 5.50. The van der Waals surface area contributed by atoms with Crippen molar-refractivity contribution >= 4 is 17.2 Å². The summed E-state index contributed by atoms with van der Waals surface area (Å²) in [5.41, 5.74) is 3.80. The number of nitrogens with two attached hydrogens (primary N) is 1. The third-order valence-electron chi connectivity index (χ3n) is 3.00. The van der Waals surface area contributed by atoms with E-state index in [1.165, 1.54) is 4.88 Å². The minimum absolute atomic E-state index is 0.152. The van der Waals surface area contributed by atoms with Crippen LogP contribution in [-0.4, -0.2) is 9.97 Å². The average molecular weight is 290 g/mol. The Morgan fingerprint density at radius 2 is 2.00 bits per heavy atom. The van der Waals surface area contributed by atoms with Gasteiger partial charge in [-0.05, 0) is 24.0 Å². The van der Waals surface area contributed by atoms with Crippen molar-refractivity contribution in [2.45, 2.75) is 46.0 Å². The highest BCUT2D eigenvalue weighted by molar-refractivity contribution is 7.15. The fourth-order valence-electron chi connectivity index (χ4n) is 1.93. The molecular weight excluding hydrogens is 268 g/mol. The van der Waals surface area contributed by atoms with Crippen LogP contribution in [0.5, 0.6) is 0 Å². The number of nitrogens with one attached hydrogen (secondary N) is 1. The molecule has 0 saturated carbocycles. The van der Waals surface area contributed by atoms with Crippen molar-refractivity contribution in [3.05, 3.63) is 28.8 Å². The molecule has 108 valence electrons. The van der Waals surface area contributed by atoms with Crippen molar-refractivity contribution in [1.29, 1.82) is 0 Å². The van der Waals surface area contributed by atoms with Crippen LogP contribution in [0.3, 0.4) is 0 Å². The smallest absolute Gasteiger partial charge is 0.171 e. The molecule has 0 unspecified atom stereocenters. The van der Waals surface area contributed by atoms with Gasteiger partial charge in [0.25, 0.3) is 0 Å². The summed E-state index contributed by atoms with van der Waals surface area (Å²) in [6.07, 6.45) is 1.99. The van der Waals surface area contributed by atoms with E-state index in [9.17, 15) is 0 Å². The van der Waals surface area contributed by atoms with Gasteiger partial charge in [0.05, 0.1) is 4.88 Å². The molecule has 2 rings (SSSR count). The Balaban J connectivity index is 2.41. The van der Waals surface area contributed by atoms with E-state index in [0.29, 0.717) is 5.82 Å². The summed E-state index contributed by atoms with van der Waals surface area (Å²) in [5, 5.41) is 0. The third-order valence-corrected chi connectivity index (χ3v) is 4.51. The van der Waals surface area contributed by atoms with Crippen LogP contribution in [0.15, 0.2) is 18.2 Å². The fraction of sp³-hybridized carbons (Fsp3) is 0.467. The summed E-state index contributed by atoms with van der Waals surface area (Å²) in [7, 11) is 0. The molecule has 0 atom stereocenters. The molecule has 0 fully saturated rings. The lowest BCUT2D eigenvalue weighted by Crippen LogP contribution is -2.10. The zero-order valence-corrected chi connectivity index (χ0v) is 13.3. The molecule has 0 aliphatic heterocycles. The molecule has 2 aromatic heterocycles. The van der Waals surface area contributed by atoms with Crippen LogP contribution in [-0.2, 0) is 11.8 Å². The summed E-state index contributed by atoms with van der Waals surface area (Å²) in [6, 6.07) is 6.16. The predicted octanol–water partition coefficient (Wildman–Crippen LogP) is 3.74. The predicted molar refractivity (Wildman–Crippen MR) is 85.9 cm³/mol. The maximum absolute atomic E-state index is 5.50. The average Bonchev–Trinajstić information content (AvgIpc) is 2.88. The molecule has 0 saturated heterocycles. The van der Waals surface area contributed by atoms with Crippen LogP contribution < -0.4 is 11.3 Å². The molecule has 5 heteroatoms. The number of nitrogens with zero attached hydrogens (tertiary/aromatic N) is 2. The SMILES string of the molecule is CCCc1cc(NN)nc(-c2ccc(C(C)(C)C)s2)n1. The van der Waals surface area contributed by atoms with E-state index in [4.69, 9.17) is 5.84 Å². The number of aromatic nitrogens is 2. The highest BCUT2D eigenvalue weighted by Crippen LogP contribution is 2.34. The first kappa shape index (κ1) is 14.9. The van der Waals surface area contributed by atoms with Gasteiger partial charge in [-0.3, -0.25) is 0 Å². The van der Waals surface area contributed by atoms with Gasteiger partial charge in [0.2, 0.25) is 0 Å². The number of thiophene rings is 1. The molecule has 3 N–H and O–H groups in total. The Kier molecular flexibility index (Phi) is 4.40. The quantitative estimate of drug-likeness (QED) is 0.665. The van der Waals surface area contributed by atoms with Crippen LogP contribution in [0, 0.1) is 0 Å². The van der Waals surface area contributed by atoms with Crippen LogP contribution in [0.4, 0.5) is 5.82 Å². The van der Waals surface area contributed by atoms with E-state index >= 15 is 0 Å². The second kappa shape index (κ2) is 5.89. The van der Waals surface area contributed by atoms with Gasteiger partial charge in [-0.1, -0.05) is 34.1 Å². The van der Waals surface area contributed by atoms with Gasteiger partial charge in [-0.2, -0.15) is 0 Å². The largest absolute Gasteiger partial charge is 0.308 e. The molecule has 4 nitrogen and oxygen atoms in total. The van der Waals surface area contributed by atoms with Crippen molar-refractivity contribution < 1.29 is 0 Å². The first-order chi connectivity index (χ1) is 9.44. The number of aryl methyl sites for hydroxylation is 1. The summed E-state index contributed by atoms with van der Waals surface area (Å²) in [6.45, 7) is 8.78. The van der Waals surface area contributed by atoms with E-state index in [1.807, 2.05) is 6.07 Å². The van der Waals surface area contributed by atoms with Gasteiger partial charge in [-0.25, -0.2) is 15.8 Å². The standard InChI is InChI=1S/C15H22N4S/c1-5-6-10-9-13(19-16)18-14(17-10)11-7-8-12(20-11)15(2,3)4/h7-9H,5-6,16H2,1-4H3,(H,17,18,19). The van der Waals surface area contributed by atoms with E-state index < -0.39 is 0 Å². The lowest BCUT2D eigenvalue weighted by molar-refractivity contribution is 0.604. The maximum Gasteiger partial charge on any atom is 0.171 e. The minimum atomic E-state index is 0.152. The first-order valence-corrected chi connectivity index (χ1v) is 7.71. The Labute approximate surface area is 124 Å². The van der Waals surface area contributed by atoms with Crippen molar-refractivity contribution in [3.63, 3.8) is 0 Å². The van der Waals surface area contributed by atoms with Crippen molar-refractivity contribution in [3.8, 4) is 10.7 Å². The molecule has 0 amide bonds. The second-order valence-electron chi connectivity index (χ2n) is 5.88. The van der Waals surface area contributed by atoms with Crippen LogP contribution >= 0.6 is 11.3 Å². The van der Waals surface area contributed by atoms with Gasteiger partial charge in [0, 0.05) is 16.6 Å². The normalized spacial score (nSPS) is 11.7. The monoisotopic (exact) mass is 290 g/mol. The number of hydrazine groups is 1. The lowest BCUT2D eigenvalue weighted by atomic mass is 9.95. The number of rotatable bonds is 4.